The Labute approximate surface area is 123 Å². The van der Waals surface area contributed by atoms with Gasteiger partial charge in [0.2, 0.25) is 0 Å². The number of nitrogens with one attached hydrogen (secondary N) is 1. The van der Waals surface area contributed by atoms with E-state index in [1.54, 1.807) is 0 Å². The molecule has 1 aliphatic rings. The summed E-state index contributed by atoms with van der Waals surface area (Å²) in [5.41, 5.74) is 0. The van der Waals surface area contributed by atoms with Crippen LogP contribution in [0.15, 0.2) is 0 Å². The third-order valence-corrected chi connectivity index (χ3v) is 3.72. The van der Waals surface area contributed by atoms with Crippen molar-refractivity contribution in [3.05, 3.63) is 0 Å². The van der Waals surface area contributed by atoms with Crippen molar-refractivity contribution < 1.29 is 9.53 Å². The Morgan fingerprint density at radius 1 is 1.32 bits per heavy atom. The van der Waals surface area contributed by atoms with Gasteiger partial charge in [0.15, 0.2) is 0 Å². The molecule has 0 aromatic heterocycles. The van der Waals surface area contributed by atoms with Crippen LogP contribution < -0.4 is 5.32 Å². The molecule has 0 aromatic rings. The lowest BCUT2D eigenvalue weighted by molar-refractivity contribution is -0.150. The van der Waals surface area contributed by atoms with E-state index in [0.717, 1.165) is 38.5 Å². The van der Waals surface area contributed by atoms with E-state index in [1.807, 2.05) is 6.92 Å². The van der Waals surface area contributed by atoms with E-state index in [0.29, 0.717) is 6.61 Å². The summed E-state index contributed by atoms with van der Waals surface area (Å²) in [6.07, 6.45) is 3.21. The highest BCUT2D eigenvalue weighted by Crippen LogP contribution is 2.20. The Balaban J connectivity index is 0.00000324. The number of carbonyl (C=O) groups excluding carboxylic acids is 1. The van der Waals surface area contributed by atoms with Crippen LogP contribution in [0.1, 0.15) is 40.0 Å². The summed E-state index contributed by atoms with van der Waals surface area (Å²) in [7, 11) is 0. The molecular weight excluding hydrogens is 264 g/mol. The second kappa shape index (κ2) is 10.5. The van der Waals surface area contributed by atoms with Gasteiger partial charge in [-0.3, -0.25) is 9.69 Å². The van der Waals surface area contributed by atoms with E-state index < -0.39 is 0 Å². The smallest absolute Gasteiger partial charge is 0.323 e. The number of hydrogen-bond acceptors (Lipinski definition) is 4. The molecule has 0 radical (unpaired) electrons. The second-order valence-corrected chi connectivity index (χ2v) is 4.96. The summed E-state index contributed by atoms with van der Waals surface area (Å²) >= 11 is 0. The highest BCUT2D eigenvalue weighted by Gasteiger charge is 2.29. The van der Waals surface area contributed by atoms with Crippen molar-refractivity contribution in [2.24, 2.45) is 5.92 Å². The van der Waals surface area contributed by atoms with Crippen LogP contribution >= 0.6 is 12.4 Å². The minimum Gasteiger partial charge on any atom is -0.465 e. The Hall–Kier alpha value is -0.320. The summed E-state index contributed by atoms with van der Waals surface area (Å²) in [6.45, 7) is 10.7. The van der Waals surface area contributed by atoms with Gasteiger partial charge >= 0.3 is 5.97 Å². The van der Waals surface area contributed by atoms with Gasteiger partial charge in [0, 0.05) is 0 Å². The number of esters is 1. The van der Waals surface area contributed by atoms with Crippen molar-refractivity contribution in [3.63, 3.8) is 0 Å². The number of rotatable bonds is 7. The maximum atomic E-state index is 11.9. The first-order valence-corrected chi connectivity index (χ1v) is 7.34. The molecule has 1 aliphatic heterocycles. The highest BCUT2D eigenvalue weighted by molar-refractivity contribution is 5.85. The van der Waals surface area contributed by atoms with Gasteiger partial charge in [-0.1, -0.05) is 13.8 Å². The largest absolute Gasteiger partial charge is 0.465 e. The number of nitrogens with zero attached hydrogens (tertiary/aromatic N) is 1. The molecule has 5 heteroatoms. The van der Waals surface area contributed by atoms with E-state index in [1.165, 1.54) is 12.8 Å². The summed E-state index contributed by atoms with van der Waals surface area (Å²) in [5.74, 6) is 0.714. The molecule has 1 rings (SSSR count). The first-order valence-electron chi connectivity index (χ1n) is 7.34. The zero-order chi connectivity index (χ0) is 13.4. The predicted octanol–water partition coefficient (Wildman–Crippen LogP) is 2.07. The van der Waals surface area contributed by atoms with E-state index in [4.69, 9.17) is 4.74 Å². The quantitative estimate of drug-likeness (QED) is 0.730. The molecular formula is C14H29ClN2O2. The molecule has 1 fully saturated rings. The van der Waals surface area contributed by atoms with Gasteiger partial charge in [0.1, 0.15) is 6.04 Å². The molecule has 1 unspecified atom stereocenters. The normalized spacial score (nSPS) is 18.7. The number of carbonyl (C=O) groups is 1. The molecule has 1 saturated heterocycles. The van der Waals surface area contributed by atoms with Crippen molar-refractivity contribution in [3.8, 4) is 0 Å². The van der Waals surface area contributed by atoms with Gasteiger partial charge in [-0.2, -0.15) is 0 Å². The van der Waals surface area contributed by atoms with Crippen LogP contribution in [-0.4, -0.2) is 49.7 Å². The molecule has 1 atom stereocenters. The average molecular weight is 293 g/mol. The lowest BCUT2D eigenvalue weighted by Crippen LogP contribution is -2.47. The summed E-state index contributed by atoms with van der Waals surface area (Å²) in [6, 6.07) is -0.0370. The number of hydrogen-bond donors (Lipinski definition) is 1. The Kier molecular flexibility index (Phi) is 10.3. The molecule has 114 valence electrons. The lowest BCUT2D eigenvalue weighted by Gasteiger charge is -2.36. The first-order chi connectivity index (χ1) is 8.72. The molecule has 0 saturated carbocycles. The minimum absolute atomic E-state index is 0. The third kappa shape index (κ3) is 6.11. The van der Waals surface area contributed by atoms with Gasteiger partial charge in [0.25, 0.3) is 0 Å². The summed E-state index contributed by atoms with van der Waals surface area (Å²) in [4.78, 5) is 14.1. The zero-order valence-electron chi connectivity index (χ0n) is 12.5. The molecule has 0 amide bonds. The highest BCUT2D eigenvalue weighted by atomic mass is 35.5. The minimum atomic E-state index is -0.0508. The SMILES string of the molecule is CCNCC1CCN(C(CC)C(=O)OCC)CC1.Cl. The van der Waals surface area contributed by atoms with Crippen molar-refractivity contribution >= 4 is 18.4 Å². The monoisotopic (exact) mass is 292 g/mol. The standard InChI is InChI=1S/C14H28N2O2.ClH/c1-4-13(14(17)18-6-3)16-9-7-12(8-10-16)11-15-5-2;/h12-13,15H,4-11H2,1-3H3;1H. The molecule has 0 aliphatic carbocycles. The van der Waals surface area contributed by atoms with E-state index >= 15 is 0 Å². The fourth-order valence-electron chi connectivity index (χ4n) is 2.63. The molecule has 1 N–H and O–H groups in total. The molecule has 0 bridgehead atoms. The van der Waals surface area contributed by atoms with Crippen LogP contribution in [0.2, 0.25) is 0 Å². The Morgan fingerprint density at radius 2 is 1.95 bits per heavy atom. The van der Waals surface area contributed by atoms with E-state index in [-0.39, 0.29) is 24.4 Å². The van der Waals surface area contributed by atoms with Crippen LogP contribution in [0.4, 0.5) is 0 Å². The fraction of sp³-hybridized carbons (Fsp3) is 0.929. The lowest BCUT2D eigenvalue weighted by atomic mass is 9.95. The van der Waals surface area contributed by atoms with E-state index in [2.05, 4.69) is 24.1 Å². The number of likely N-dealkylation sites (tertiary alicyclic amines) is 1. The fourth-order valence-corrected chi connectivity index (χ4v) is 2.63. The van der Waals surface area contributed by atoms with Crippen LogP contribution in [-0.2, 0) is 9.53 Å². The second-order valence-electron chi connectivity index (χ2n) is 4.96. The molecule has 4 nitrogen and oxygen atoms in total. The van der Waals surface area contributed by atoms with Crippen molar-refractivity contribution in [2.45, 2.75) is 46.1 Å². The van der Waals surface area contributed by atoms with Gasteiger partial charge in [-0.05, 0) is 58.3 Å². The Morgan fingerprint density at radius 3 is 2.42 bits per heavy atom. The van der Waals surface area contributed by atoms with E-state index in [9.17, 15) is 4.79 Å². The van der Waals surface area contributed by atoms with Gasteiger partial charge in [-0.25, -0.2) is 0 Å². The zero-order valence-corrected chi connectivity index (χ0v) is 13.3. The van der Waals surface area contributed by atoms with Gasteiger partial charge in [-0.15, -0.1) is 12.4 Å². The summed E-state index contributed by atoms with van der Waals surface area (Å²) < 4.78 is 5.15. The maximum absolute atomic E-state index is 11.9. The molecule has 0 spiro atoms. The molecule has 0 aromatic carbocycles. The summed E-state index contributed by atoms with van der Waals surface area (Å²) in [5, 5.41) is 3.41. The van der Waals surface area contributed by atoms with Crippen molar-refractivity contribution in [2.75, 3.05) is 32.8 Å². The van der Waals surface area contributed by atoms with Crippen molar-refractivity contribution in [1.82, 2.24) is 10.2 Å². The van der Waals surface area contributed by atoms with Crippen LogP contribution in [0.25, 0.3) is 0 Å². The predicted molar refractivity (Wildman–Crippen MR) is 80.8 cm³/mol. The molecule has 1 heterocycles. The molecule has 19 heavy (non-hydrogen) atoms. The number of halogens is 1. The Bertz CT molecular complexity index is 244. The van der Waals surface area contributed by atoms with Crippen LogP contribution in [0.5, 0.6) is 0 Å². The van der Waals surface area contributed by atoms with Gasteiger partial charge < -0.3 is 10.1 Å². The van der Waals surface area contributed by atoms with Gasteiger partial charge in [0.05, 0.1) is 6.61 Å². The average Bonchev–Trinajstić information content (AvgIpc) is 2.39. The topological polar surface area (TPSA) is 41.6 Å². The third-order valence-electron chi connectivity index (χ3n) is 3.72. The maximum Gasteiger partial charge on any atom is 0.323 e. The van der Waals surface area contributed by atoms with Crippen LogP contribution in [0.3, 0.4) is 0 Å². The number of piperidine rings is 1. The number of ether oxygens (including phenoxy) is 1. The first kappa shape index (κ1) is 18.7. The van der Waals surface area contributed by atoms with Crippen LogP contribution in [0, 0.1) is 5.92 Å². The van der Waals surface area contributed by atoms with Crippen molar-refractivity contribution in [1.29, 1.82) is 0 Å².